The number of hydrogen-bond donors (Lipinski definition) is 2. The number of para-hydroxylation sites is 2. The highest BCUT2D eigenvalue weighted by Gasteiger charge is 2.19. The summed E-state index contributed by atoms with van der Waals surface area (Å²) in [6.07, 6.45) is 3.04. The molecular weight excluding hydrogens is 324 g/mol. The molecule has 3 rings (SSSR count). The summed E-state index contributed by atoms with van der Waals surface area (Å²) in [5.41, 5.74) is 2.65. The van der Waals surface area contributed by atoms with Crippen LogP contribution in [0.15, 0.2) is 34.9 Å². The number of H-pyrrole nitrogens is 1. The number of aromatic amines is 1. The Bertz CT molecular complexity index is 794. The average molecular weight is 344 g/mol. The number of aryl methyl sites for hydroxylation is 1. The molecule has 0 unspecified atom stereocenters. The molecule has 0 aliphatic heterocycles. The van der Waals surface area contributed by atoms with Crippen molar-refractivity contribution in [2.24, 2.45) is 0 Å². The zero-order valence-electron chi connectivity index (χ0n) is 13.7. The van der Waals surface area contributed by atoms with Gasteiger partial charge in [0.25, 0.3) is 0 Å². The summed E-state index contributed by atoms with van der Waals surface area (Å²) in [4.78, 5) is 20.3. The highest BCUT2D eigenvalue weighted by Crippen LogP contribution is 2.20. The molecule has 0 bridgehead atoms. The first kappa shape index (κ1) is 16.6. The molecule has 0 saturated carbocycles. The zero-order chi connectivity index (χ0) is 16.9. The minimum Gasteiger partial charge on any atom is -0.361 e. The first-order valence-electron chi connectivity index (χ1n) is 7.81. The first-order chi connectivity index (χ1) is 11.7. The van der Waals surface area contributed by atoms with E-state index in [-0.39, 0.29) is 18.4 Å². The predicted molar refractivity (Wildman–Crippen MR) is 94.9 cm³/mol. The Morgan fingerprint density at radius 1 is 1.42 bits per heavy atom. The standard InChI is InChI=1S/C17H20N4O2S/c1-11-9-12(23-21-11)10-16(22)18-15(7-8-24-2)17-19-13-5-3-4-6-14(13)20-17/h3-6,9,15H,7-8,10H2,1-2H3,(H,18,22)(H,19,20)/t15-/m1/s1. The van der Waals surface area contributed by atoms with E-state index >= 15 is 0 Å². The van der Waals surface area contributed by atoms with Gasteiger partial charge in [-0.2, -0.15) is 11.8 Å². The molecule has 6 nitrogen and oxygen atoms in total. The molecule has 3 aromatic rings. The number of amides is 1. The summed E-state index contributed by atoms with van der Waals surface area (Å²) in [6, 6.07) is 9.48. The van der Waals surface area contributed by atoms with Gasteiger partial charge in [-0.05, 0) is 37.5 Å². The molecule has 126 valence electrons. The third kappa shape index (κ3) is 3.97. The van der Waals surface area contributed by atoms with Crippen LogP contribution in [0.5, 0.6) is 0 Å². The molecular formula is C17H20N4O2S. The molecule has 0 spiro atoms. The van der Waals surface area contributed by atoms with Gasteiger partial charge in [-0.1, -0.05) is 17.3 Å². The van der Waals surface area contributed by atoms with Crippen LogP contribution in [0.3, 0.4) is 0 Å². The van der Waals surface area contributed by atoms with E-state index in [0.717, 1.165) is 34.7 Å². The number of hydrogen-bond acceptors (Lipinski definition) is 5. The number of nitrogens with one attached hydrogen (secondary N) is 2. The predicted octanol–water partition coefficient (Wildman–Crippen LogP) is 3.01. The van der Waals surface area contributed by atoms with Crippen molar-refractivity contribution in [2.45, 2.75) is 25.8 Å². The highest BCUT2D eigenvalue weighted by molar-refractivity contribution is 7.98. The smallest absolute Gasteiger partial charge is 0.228 e. The molecule has 1 aromatic carbocycles. The largest absolute Gasteiger partial charge is 0.361 e. The van der Waals surface area contributed by atoms with Gasteiger partial charge in [0.15, 0.2) is 0 Å². The Hall–Kier alpha value is -2.28. The van der Waals surface area contributed by atoms with Gasteiger partial charge in [-0.15, -0.1) is 0 Å². The van der Waals surface area contributed by atoms with Crippen molar-refractivity contribution in [1.29, 1.82) is 0 Å². The van der Waals surface area contributed by atoms with Gasteiger partial charge in [-0.3, -0.25) is 4.79 Å². The Kier molecular flexibility index (Phi) is 5.20. The number of imidazole rings is 1. The second kappa shape index (κ2) is 7.53. The fourth-order valence-electron chi connectivity index (χ4n) is 2.55. The number of carbonyl (C=O) groups is 1. The molecule has 0 saturated heterocycles. The highest BCUT2D eigenvalue weighted by atomic mass is 32.2. The van der Waals surface area contributed by atoms with Crippen LogP contribution in [-0.2, 0) is 11.2 Å². The topological polar surface area (TPSA) is 83.8 Å². The molecule has 0 radical (unpaired) electrons. The summed E-state index contributed by atoms with van der Waals surface area (Å²) in [5, 5.41) is 6.86. The van der Waals surface area contributed by atoms with Crippen molar-refractivity contribution in [1.82, 2.24) is 20.4 Å². The lowest BCUT2D eigenvalue weighted by Crippen LogP contribution is -2.31. The van der Waals surface area contributed by atoms with Crippen LogP contribution in [0.2, 0.25) is 0 Å². The number of rotatable bonds is 7. The fourth-order valence-corrected chi connectivity index (χ4v) is 3.03. The Morgan fingerprint density at radius 2 is 2.25 bits per heavy atom. The molecule has 1 amide bonds. The zero-order valence-corrected chi connectivity index (χ0v) is 14.5. The van der Waals surface area contributed by atoms with Gasteiger partial charge < -0.3 is 14.8 Å². The molecule has 0 aliphatic rings. The van der Waals surface area contributed by atoms with Crippen molar-refractivity contribution >= 4 is 28.7 Å². The van der Waals surface area contributed by atoms with E-state index < -0.39 is 0 Å². The summed E-state index contributed by atoms with van der Waals surface area (Å²) in [7, 11) is 0. The first-order valence-corrected chi connectivity index (χ1v) is 9.20. The van der Waals surface area contributed by atoms with Crippen LogP contribution in [0.1, 0.15) is 29.7 Å². The Balaban J connectivity index is 1.74. The molecule has 2 heterocycles. The van der Waals surface area contributed by atoms with E-state index in [9.17, 15) is 4.79 Å². The quantitative estimate of drug-likeness (QED) is 0.688. The maximum atomic E-state index is 12.3. The number of aromatic nitrogens is 3. The van der Waals surface area contributed by atoms with Crippen LogP contribution in [0.25, 0.3) is 11.0 Å². The third-order valence-electron chi connectivity index (χ3n) is 3.70. The van der Waals surface area contributed by atoms with Crippen molar-refractivity contribution in [3.05, 3.63) is 47.6 Å². The Labute approximate surface area is 144 Å². The number of thioether (sulfide) groups is 1. The number of benzene rings is 1. The maximum Gasteiger partial charge on any atom is 0.228 e. The maximum absolute atomic E-state index is 12.3. The van der Waals surface area contributed by atoms with Crippen LogP contribution in [-0.4, -0.2) is 33.0 Å². The van der Waals surface area contributed by atoms with E-state index in [0.29, 0.717) is 5.76 Å². The summed E-state index contributed by atoms with van der Waals surface area (Å²) in [6.45, 7) is 1.83. The van der Waals surface area contributed by atoms with Gasteiger partial charge in [0.1, 0.15) is 11.6 Å². The van der Waals surface area contributed by atoms with E-state index in [1.165, 1.54) is 0 Å². The minimum absolute atomic E-state index is 0.0993. The Morgan fingerprint density at radius 3 is 2.96 bits per heavy atom. The average Bonchev–Trinajstić information content (AvgIpc) is 3.17. The van der Waals surface area contributed by atoms with E-state index in [4.69, 9.17) is 4.52 Å². The molecule has 7 heteroatoms. The van der Waals surface area contributed by atoms with Crippen molar-refractivity contribution in [3.8, 4) is 0 Å². The van der Waals surface area contributed by atoms with Crippen LogP contribution < -0.4 is 5.32 Å². The minimum atomic E-state index is -0.152. The van der Waals surface area contributed by atoms with Crippen molar-refractivity contribution in [3.63, 3.8) is 0 Å². The SMILES string of the molecule is CSCC[C@@H](NC(=O)Cc1cc(C)no1)c1nc2ccccc2[nH]1. The van der Waals surface area contributed by atoms with Gasteiger partial charge in [0.05, 0.1) is 29.2 Å². The van der Waals surface area contributed by atoms with E-state index in [1.807, 2.05) is 31.2 Å². The van der Waals surface area contributed by atoms with Crippen LogP contribution >= 0.6 is 11.8 Å². The van der Waals surface area contributed by atoms with Crippen LogP contribution in [0.4, 0.5) is 0 Å². The molecule has 24 heavy (non-hydrogen) atoms. The molecule has 0 aliphatic carbocycles. The monoisotopic (exact) mass is 344 g/mol. The molecule has 1 atom stereocenters. The molecule has 2 N–H and O–H groups in total. The number of fused-ring (bicyclic) bond motifs is 1. The number of carbonyl (C=O) groups excluding carboxylic acids is 1. The number of nitrogens with zero attached hydrogens (tertiary/aromatic N) is 2. The van der Waals surface area contributed by atoms with Crippen LogP contribution in [0, 0.1) is 6.92 Å². The van der Waals surface area contributed by atoms with E-state index in [2.05, 4.69) is 26.7 Å². The normalized spacial score (nSPS) is 12.4. The summed E-state index contributed by atoms with van der Waals surface area (Å²) >= 11 is 1.74. The lowest BCUT2D eigenvalue weighted by atomic mass is 10.2. The summed E-state index contributed by atoms with van der Waals surface area (Å²) in [5.74, 6) is 2.19. The third-order valence-corrected chi connectivity index (χ3v) is 4.34. The van der Waals surface area contributed by atoms with Gasteiger partial charge >= 0.3 is 0 Å². The lowest BCUT2D eigenvalue weighted by molar-refractivity contribution is -0.121. The van der Waals surface area contributed by atoms with Gasteiger partial charge in [-0.25, -0.2) is 4.98 Å². The van der Waals surface area contributed by atoms with Gasteiger partial charge in [0.2, 0.25) is 5.91 Å². The van der Waals surface area contributed by atoms with Gasteiger partial charge in [0, 0.05) is 6.07 Å². The van der Waals surface area contributed by atoms with E-state index in [1.54, 1.807) is 17.8 Å². The van der Waals surface area contributed by atoms with Crippen molar-refractivity contribution in [2.75, 3.05) is 12.0 Å². The second-order valence-corrected chi connectivity index (χ2v) is 6.64. The molecule has 2 aromatic heterocycles. The summed E-state index contributed by atoms with van der Waals surface area (Å²) < 4.78 is 5.11. The van der Waals surface area contributed by atoms with Crippen molar-refractivity contribution < 1.29 is 9.32 Å². The second-order valence-electron chi connectivity index (χ2n) is 5.65. The lowest BCUT2D eigenvalue weighted by Gasteiger charge is -2.15. The fraction of sp³-hybridized carbons (Fsp3) is 0.353. The molecule has 0 fully saturated rings.